The maximum atomic E-state index is 9.39. The fourth-order valence-electron chi connectivity index (χ4n) is 2.45. The van der Waals surface area contributed by atoms with Gasteiger partial charge < -0.3 is 0 Å². The molecule has 1 aliphatic carbocycles. The summed E-state index contributed by atoms with van der Waals surface area (Å²) >= 11 is 0. The smallest absolute Gasteiger partial charge is 0.107 e. The Hall–Kier alpha value is -1.33. The van der Waals surface area contributed by atoms with Gasteiger partial charge in [0.2, 0.25) is 0 Å². The largest absolute Gasteiger partial charge is 0.295 e. The van der Waals surface area contributed by atoms with E-state index in [1.807, 2.05) is 18.2 Å². The van der Waals surface area contributed by atoms with Gasteiger partial charge in [-0.25, -0.2) is 0 Å². The lowest BCUT2D eigenvalue weighted by atomic mass is 9.78. The number of hydrogen-bond acceptors (Lipinski definition) is 2. The van der Waals surface area contributed by atoms with Gasteiger partial charge in [-0.05, 0) is 37.2 Å². The molecule has 2 rings (SSSR count). The number of nitrogens with one attached hydrogen (secondary N) is 1. The SMILES string of the molecule is CC1CCC(C#N)(NCc2ccccc2)CC1. The summed E-state index contributed by atoms with van der Waals surface area (Å²) < 4.78 is 0. The van der Waals surface area contributed by atoms with Gasteiger partial charge in [0.05, 0.1) is 6.07 Å². The standard InChI is InChI=1S/C15H20N2/c1-13-7-9-15(12-16,10-8-13)17-11-14-5-3-2-4-6-14/h2-6,13,17H,7-11H2,1H3. The van der Waals surface area contributed by atoms with E-state index >= 15 is 0 Å². The van der Waals surface area contributed by atoms with Crippen molar-refractivity contribution in [3.8, 4) is 6.07 Å². The molecule has 1 fully saturated rings. The van der Waals surface area contributed by atoms with E-state index in [1.165, 1.54) is 5.56 Å². The summed E-state index contributed by atoms with van der Waals surface area (Å²) in [5, 5.41) is 12.9. The third kappa shape index (κ3) is 3.08. The van der Waals surface area contributed by atoms with Gasteiger partial charge in [-0.3, -0.25) is 5.32 Å². The molecule has 0 atom stereocenters. The molecule has 1 saturated carbocycles. The van der Waals surface area contributed by atoms with Crippen LogP contribution < -0.4 is 5.32 Å². The third-order valence-corrected chi connectivity index (χ3v) is 3.82. The Bertz CT molecular complexity index is 383. The maximum Gasteiger partial charge on any atom is 0.107 e. The summed E-state index contributed by atoms with van der Waals surface area (Å²) in [5.41, 5.74) is 0.961. The number of rotatable bonds is 3. The molecule has 1 N–H and O–H groups in total. The maximum absolute atomic E-state index is 9.39. The van der Waals surface area contributed by atoms with Gasteiger partial charge in [0.1, 0.15) is 5.54 Å². The Morgan fingerprint density at radius 1 is 1.29 bits per heavy atom. The second-order valence-corrected chi connectivity index (χ2v) is 5.22. The number of nitrogens with zero attached hydrogens (tertiary/aromatic N) is 1. The summed E-state index contributed by atoms with van der Waals surface area (Å²) in [6.07, 6.45) is 4.29. The summed E-state index contributed by atoms with van der Waals surface area (Å²) in [7, 11) is 0. The van der Waals surface area contributed by atoms with Crippen molar-refractivity contribution in [2.75, 3.05) is 0 Å². The molecule has 0 heterocycles. The van der Waals surface area contributed by atoms with Crippen LogP contribution in [0.1, 0.15) is 38.2 Å². The van der Waals surface area contributed by atoms with Crippen LogP contribution in [0, 0.1) is 17.2 Å². The molecule has 90 valence electrons. The van der Waals surface area contributed by atoms with Crippen LogP contribution in [-0.4, -0.2) is 5.54 Å². The molecule has 0 amide bonds. The van der Waals surface area contributed by atoms with Crippen molar-refractivity contribution in [2.24, 2.45) is 5.92 Å². The van der Waals surface area contributed by atoms with Gasteiger partial charge in [-0.15, -0.1) is 0 Å². The quantitative estimate of drug-likeness (QED) is 0.862. The summed E-state index contributed by atoms with van der Waals surface area (Å²) in [6, 6.07) is 12.8. The Balaban J connectivity index is 1.95. The zero-order chi connectivity index (χ0) is 12.1. The first-order valence-corrected chi connectivity index (χ1v) is 6.44. The van der Waals surface area contributed by atoms with Crippen LogP contribution in [0.5, 0.6) is 0 Å². The molecule has 0 unspecified atom stereocenters. The molecule has 0 aliphatic heterocycles. The number of hydrogen-bond donors (Lipinski definition) is 1. The first kappa shape index (κ1) is 12.1. The third-order valence-electron chi connectivity index (χ3n) is 3.82. The van der Waals surface area contributed by atoms with Gasteiger partial charge in [0.25, 0.3) is 0 Å². The van der Waals surface area contributed by atoms with Crippen LogP contribution in [-0.2, 0) is 6.54 Å². The van der Waals surface area contributed by atoms with E-state index in [0.29, 0.717) is 0 Å². The van der Waals surface area contributed by atoms with Crippen molar-refractivity contribution in [1.82, 2.24) is 5.32 Å². The summed E-state index contributed by atoms with van der Waals surface area (Å²) in [6.45, 7) is 3.07. The molecule has 0 aromatic heterocycles. The normalized spacial score (nSPS) is 28.6. The average molecular weight is 228 g/mol. The van der Waals surface area contributed by atoms with Crippen LogP contribution in [0.2, 0.25) is 0 Å². The molecule has 1 aliphatic rings. The van der Waals surface area contributed by atoms with Gasteiger partial charge in [-0.2, -0.15) is 5.26 Å². The van der Waals surface area contributed by atoms with Crippen molar-refractivity contribution in [3.05, 3.63) is 35.9 Å². The Morgan fingerprint density at radius 2 is 1.94 bits per heavy atom. The van der Waals surface area contributed by atoms with Crippen molar-refractivity contribution >= 4 is 0 Å². The minimum absolute atomic E-state index is 0.289. The lowest BCUT2D eigenvalue weighted by Gasteiger charge is -2.34. The predicted molar refractivity (Wildman–Crippen MR) is 69.3 cm³/mol. The Morgan fingerprint density at radius 3 is 2.53 bits per heavy atom. The topological polar surface area (TPSA) is 35.8 Å². The van der Waals surface area contributed by atoms with Crippen molar-refractivity contribution in [3.63, 3.8) is 0 Å². The lowest BCUT2D eigenvalue weighted by molar-refractivity contribution is 0.248. The summed E-state index contributed by atoms with van der Waals surface area (Å²) in [4.78, 5) is 0. The molecular weight excluding hydrogens is 208 g/mol. The molecule has 2 nitrogen and oxygen atoms in total. The van der Waals surface area contributed by atoms with Gasteiger partial charge in [0.15, 0.2) is 0 Å². The fraction of sp³-hybridized carbons (Fsp3) is 0.533. The Kier molecular flexibility index (Phi) is 3.81. The molecule has 2 heteroatoms. The highest BCUT2D eigenvalue weighted by atomic mass is 15.0. The van der Waals surface area contributed by atoms with Crippen molar-refractivity contribution < 1.29 is 0 Å². The zero-order valence-electron chi connectivity index (χ0n) is 10.4. The molecule has 17 heavy (non-hydrogen) atoms. The highest BCUT2D eigenvalue weighted by molar-refractivity contribution is 5.17. The van der Waals surface area contributed by atoms with Gasteiger partial charge >= 0.3 is 0 Å². The van der Waals surface area contributed by atoms with E-state index in [0.717, 1.165) is 38.1 Å². The fourth-order valence-corrected chi connectivity index (χ4v) is 2.45. The van der Waals surface area contributed by atoms with E-state index in [2.05, 4.69) is 30.4 Å². The minimum atomic E-state index is -0.289. The van der Waals surface area contributed by atoms with Crippen LogP contribution in [0.25, 0.3) is 0 Å². The predicted octanol–water partition coefficient (Wildman–Crippen LogP) is 3.25. The second kappa shape index (κ2) is 5.33. The first-order valence-electron chi connectivity index (χ1n) is 6.44. The molecular formula is C15H20N2. The van der Waals surface area contributed by atoms with E-state index < -0.39 is 0 Å². The number of nitriles is 1. The molecule has 0 radical (unpaired) electrons. The van der Waals surface area contributed by atoms with Crippen LogP contribution in [0.15, 0.2) is 30.3 Å². The monoisotopic (exact) mass is 228 g/mol. The van der Waals surface area contributed by atoms with Crippen LogP contribution >= 0.6 is 0 Å². The minimum Gasteiger partial charge on any atom is -0.295 e. The van der Waals surface area contributed by atoms with Gasteiger partial charge in [0, 0.05) is 6.54 Å². The number of benzene rings is 1. The average Bonchev–Trinajstić information content (AvgIpc) is 2.40. The van der Waals surface area contributed by atoms with E-state index in [4.69, 9.17) is 0 Å². The second-order valence-electron chi connectivity index (χ2n) is 5.22. The highest BCUT2D eigenvalue weighted by Crippen LogP contribution is 2.31. The zero-order valence-corrected chi connectivity index (χ0v) is 10.4. The first-order chi connectivity index (χ1) is 8.24. The molecule has 0 spiro atoms. The van der Waals surface area contributed by atoms with Crippen molar-refractivity contribution in [1.29, 1.82) is 5.26 Å². The molecule has 0 bridgehead atoms. The van der Waals surface area contributed by atoms with E-state index in [9.17, 15) is 5.26 Å². The highest BCUT2D eigenvalue weighted by Gasteiger charge is 2.33. The molecule has 1 aromatic rings. The van der Waals surface area contributed by atoms with Crippen LogP contribution in [0.4, 0.5) is 0 Å². The van der Waals surface area contributed by atoms with E-state index in [1.54, 1.807) is 0 Å². The molecule has 1 aromatic carbocycles. The van der Waals surface area contributed by atoms with Gasteiger partial charge in [-0.1, -0.05) is 37.3 Å². The lowest BCUT2D eigenvalue weighted by Crippen LogP contribution is -2.46. The van der Waals surface area contributed by atoms with Crippen LogP contribution in [0.3, 0.4) is 0 Å². The van der Waals surface area contributed by atoms with E-state index in [-0.39, 0.29) is 5.54 Å². The summed E-state index contributed by atoms with van der Waals surface area (Å²) in [5.74, 6) is 0.773. The van der Waals surface area contributed by atoms with Crippen molar-refractivity contribution in [2.45, 2.75) is 44.7 Å². The Labute approximate surface area is 104 Å². The molecule has 0 saturated heterocycles.